The Balaban J connectivity index is 1.38. The molecule has 1 aromatic heterocycles. The van der Waals surface area contributed by atoms with Crippen molar-refractivity contribution in [2.75, 3.05) is 32.8 Å². The summed E-state index contributed by atoms with van der Waals surface area (Å²) in [5, 5.41) is 0.609. The smallest absolute Gasteiger partial charge is 0.258 e. The maximum absolute atomic E-state index is 12.4. The Morgan fingerprint density at radius 2 is 2.04 bits per heavy atom. The zero-order chi connectivity index (χ0) is 17.2. The number of carbonyl (C=O) groups excluding carboxylic acids is 1. The number of aromatic amines is 1. The first-order valence-electron chi connectivity index (χ1n) is 8.81. The highest BCUT2D eigenvalue weighted by Crippen LogP contribution is 2.16. The summed E-state index contributed by atoms with van der Waals surface area (Å²) in [6.07, 6.45) is 1.56. The molecule has 4 rings (SSSR count). The predicted octanol–water partition coefficient (Wildman–Crippen LogP) is 0.746. The van der Waals surface area contributed by atoms with Crippen molar-refractivity contribution in [1.82, 2.24) is 19.8 Å². The number of piperazine rings is 1. The lowest BCUT2D eigenvalue weighted by Gasteiger charge is -2.35. The quantitative estimate of drug-likeness (QED) is 0.890. The van der Waals surface area contributed by atoms with Crippen LogP contribution >= 0.6 is 0 Å². The molecule has 0 unspecified atom stereocenters. The number of hydrogen-bond donors (Lipinski definition) is 1. The SMILES string of the molecule is O=C([C@H]1CCCO1)N1CCN(Cc2nc3ccccc3c(=O)[nH]2)CC1. The van der Waals surface area contributed by atoms with Crippen molar-refractivity contribution in [2.45, 2.75) is 25.5 Å². The number of nitrogens with one attached hydrogen (secondary N) is 1. The molecule has 2 fully saturated rings. The van der Waals surface area contributed by atoms with Crippen LogP contribution in [-0.4, -0.2) is 64.6 Å². The number of carbonyl (C=O) groups is 1. The predicted molar refractivity (Wildman–Crippen MR) is 93.2 cm³/mol. The molecule has 1 N–H and O–H groups in total. The Morgan fingerprint density at radius 3 is 2.80 bits per heavy atom. The molecule has 25 heavy (non-hydrogen) atoms. The summed E-state index contributed by atoms with van der Waals surface area (Å²) in [5.74, 6) is 0.789. The molecular formula is C18H22N4O3. The molecule has 2 aliphatic rings. The summed E-state index contributed by atoms with van der Waals surface area (Å²) in [6.45, 7) is 4.20. The van der Waals surface area contributed by atoms with E-state index in [1.165, 1.54) is 0 Å². The Bertz CT molecular complexity index is 820. The Morgan fingerprint density at radius 1 is 1.24 bits per heavy atom. The van der Waals surface area contributed by atoms with E-state index in [9.17, 15) is 9.59 Å². The molecule has 1 amide bonds. The highest BCUT2D eigenvalue weighted by Gasteiger charge is 2.30. The third-order valence-corrected chi connectivity index (χ3v) is 4.92. The van der Waals surface area contributed by atoms with E-state index in [2.05, 4.69) is 14.9 Å². The monoisotopic (exact) mass is 342 g/mol. The molecular weight excluding hydrogens is 320 g/mol. The van der Waals surface area contributed by atoms with Crippen molar-refractivity contribution < 1.29 is 9.53 Å². The largest absolute Gasteiger partial charge is 0.368 e. The summed E-state index contributed by atoms with van der Waals surface area (Å²) in [6, 6.07) is 7.35. The van der Waals surface area contributed by atoms with Gasteiger partial charge >= 0.3 is 0 Å². The highest BCUT2D eigenvalue weighted by molar-refractivity contribution is 5.81. The van der Waals surface area contributed by atoms with E-state index in [0.717, 1.165) is 25.9 Å². The molecule has 0 saturated carbocycles. The molecule has 2 saturated heterocycles. The van der Waals surface area contributed by atoms with Crippen LogP contribution in [0.25, 0.3) is 10.9 Å². The van der Waals surface area contributed by atoms with E-state index in [1.807, 2.05) is 23.1 Å². The van der Waals surface area contributed by atoms with Crippen molar-refractivity contribution >= 4 is 16.8 Å². The summed E-state index contributed by atoms with van der Waals surface area (Å²) in [7, 11) is 0. The van der Waals surface area contributed by atoms with Gasteiger partial charge in [-0.25, -0.2) is 4.98 Å². The molecule has 7 nitrogen and oxygen atoms in total. The van der Waals surface area contributed by atoms with Crippen molar-refractivity contribution in [3.8, 4) is 0 Å². The molecule has 1 aromatic carbocycles. The van der Waals surface area contributed by atoms with Gasteiger partial charge in [-0.2, -0.15) is 0 Å². The lowest BCUT2D eigenvalue weighted by atomic mass is 10.2. The number of H-pyrrole nitrogens is 1. The Labute approximate surface area is 145 Å². The minimum Gasteiger partial charge on any atom is -0.368 e. The molecule has 0 bridgehead atoms. The van der Waals surface area contributed by atoms with Crippen molar-refractivity contribution in [1.29, 1.82) is 0 Å². The fourth-order valence-electron chi connectivity index (χ4n) is 3.52. The van der Waals surface area contributed by atoms with Gasteiger partial charge in [0.05, 0.1) is 17.4 Å². The van der Waals surface area contributed by atoms with Gasteiger partial charge in [-0.05, 0) is 25.0 Å². The second kappa shape index (κ2) is 6.93. The van der Waals surface area contributed by atoms with Crippen LogP contribution in [0, 0.1) is 0 Å². The van der Waals surface area contributed by atoms with Crippen LogP contribution in [0.1, 0.15) is 18.7 Å². The minimum atomic E-state index is -0.245. The maximum atomic E-state index is 12.4. The van der Waals surface area contributed by atoms with Gasteiger partial charge < -0.3 is 14.6 Å². The van der Waals surface area contributed by atoms with Gasteiger partial charge in [0.15, 0.2) is 0 Å². The topological polar surface area (TPSA) is 78.5 Å². The van der Waals surface area contributed by atoms with Gasteiger partial charge in [0.2, 0.25) is 0 Å². The number of amides is 1. The number of aromatic nitrogens is 2. The first-order valence-corrected chi connectivity index (χ1v) is 8.81. The molecule has 132 valence electrons. The number of ether oxygens (including phenoxy) is 1. The molecule has 2 aromatic rings. The molecule has 0 spiro atoms. The van der Waals surface area contributed by atoms with Crippen LogP contribution in [0.3, 0.4) is 0 Å². The average Bonchev–Trinajstić information content (AvgIpc) is 3.16. The van der Waals surface area contributed by atoms with Gasteiger partial charge in [-0.3, -0.25) is 14.5 Å². The van der Waals surface area contributed by atoms with E-state index in [4.69, 9.17) is 4.74 Å². The van der Waals surface area contributed by atoms with Gasteiger partial charge in [0, 0.05) is 32.8 Å². The lowest BCUT2D eigenvalue weighted by Crippen LogP contribution is -2.51. The second-order valence-electron chi connectivity index (χ2n) is 6.63. The zero-order valence-corrected chi connectivity index (χ0v) is 14.1. The summed E-state index contributed by atoms with van der Waals surface area (Å²) < 4.78 is 5.49. The normalized spacial score (nSPS) is 21.8. The molecule has 0 radical (unpaired) electrons. The minimum absolute atomic E-state index is 0.104. The first kappa shape index (κ1) is 16.2. The van der Waals surface area contributed by atoms with Crippen LogP contribution in [0.2, 0.25) is 0 Å². The third kappa shape index (κ3) is 3.43. The number of para-hydroxylation sites is 1. The number of hydrogen-bond acceptors (Lipinski definition) is 5. The van der Waals surface area contributed by atoms with Gasteiger partial charge in [0.1, 0.15) is 11.9 Å². The summed E-state index contributed by atoms with van der Waals surface area (Å²) in [5.41, 5.74) is 0.612. The first-order chi connectivity index (χ1) is 12.2. The standard InChI is InChI=1S/C18H22N4O3/c23-17-13-4-1-2-5-14(13)19-16(20-17)12-21-7-9-22(10-8-21)18(24)15-6-3-11-25-15/h1-2,4-5,15H,3,6-12H2,(H,19,20,23)/t15-/m1/s1. The van der Waals surface area contributed by atoms with Crippen LogP contribution < -0.4 is 5.56 Å². The number of nitrogens with zero attached hydrogens (tertiary/aromatic N) is 3. The van der Waals surface area contributed by atoms with E-state index < -0.39 is 0 Å². The van der Waals surface area contributed by atoms with E-state index >= 15 is 0 Å². The highest BCUT2D eigenvalue weighted by atomic mass is 16.5. The van der Waals surface area contributed by atoms with E-state index in [0.29, 0.717) is 43.0 Å². The molecule has 1 atom stereocenters. The Kier molecular flexibility index (Phi) is 4.50. The number of fused-ring (bicyclic) bond motifs is 1. The maximum Gasteiger partial charge on any atom is 0.258 e. The average molecular weight is 342 g/mol. The molecule has 3 heterocycles. The molecule has 2 aliphatic heterocycles. The fraction of sp³-hybridized carbons (Fsp3) is 0.500. The van der Waals surface area contributed by atoms with Crippen molar-refractivity contribution in [3.63, 3.8) is 0 Å². The van der Waals surface area contributed by atoms with Crippen molar-refractivity contribution in [3.05, 3.63) is 40.4 Å². The van der Waals surface area contributed by atoms with Crippen LogP contribution in [0.4, 0.5) is 0 Å². The van der Waals surface area contributed by atoms with Gasteiger partial charge in [-0.1, -0.05) is 12.1 Å². The van der Waals surface area contributed by atoms with Crippen LogP contribution in [0.5, 0.6) is 0 Å². The van der Waals surface area contributed by atoms with Crippen LogP contribution in [0.15, 0.2) is 29.1 Å². The zero-order valence-electron chi connectivity index (χ0n) is 14.1. The molecule has 7 heteroatoms. The summed E-state index contributed by atoms with van der Waals surface area (Å²) in [4.78, 5) is 36.1. The van der Waals surface area contributed by atoms with Gasteiger partial charge in [-0.15, -0.1) is 0 Å². The van der Waals surface area contributed by atoms with E-state index in [-0.39, 0.29) is 17.6 Å². The second-order valence-corrected chi connectivity index (χ2v) is 6.63. The number of benzene rings is 1. The molecule has 0 aliphatic carbocycles. The lowest BCUT2D eigenvalue weighted by molar-refractivity contribution is -0.142. The number of rotatable bonds is 3. The van der Waals surface area contributed by atoms with Crippen molar-refractivity contribution in [2.24, 2.45) is 0 Å². The third-order valence-electron chi connectivity index (χ3n) is 4.92. The van der Waals surface area contributed by atoms with Gasteiger partial charge in [0.25, 0.3) is 11.5 Å². The summed E-state index contributed by atoms with van der Waals surface area (Å²) >= 11 is 0. The Hall–Kier alpha value is -2.25. The fourth-order valence-corrected chi connectivity index (χ4v) is 3.52. The van der Waals surface area contributed by atoms with E-state index in [1.54, 1.807) is 6.07 Å². The van der Waals surface area contributed by atoms with Crippen LogP contribution in [-0.2, 0) is 16.1 Å².